The van der Waals surface area contributed by atoms with E-state index < -0.39 is 156 Å². The van der Waals surface area contributed by atoms with Gasteiger partial charge in [0.05, 0.1) is 45.2 Å². The number of allylic oxidation sites excluding steroid dienone is 4. The van der Waals surface area contributed by atoms with Crippen molar-refractivity contribution < 1.29 is 106 Å². The summed E-state index contributed by atoms with van der Waals surface area (Å²) in [6.07, 6.45) is 6.78. The monoisotopic (exact) mass is 1760 g/mol. The molecule has 4 heterocycles. The number of rotatable bonds is 35. The standard InChI is InChI=1S/C89H100N14O23S/c1-46-37-67(85(119)103(46)45-75(111)96-62-30-24-55-56(43-69(62)108)61(94-47(2)104)29-18-50-39-72(122-3)78(123-4)79(124-5)77(50)55)101-82(116)66(38-49-15-20-52(105)21-16-49)100-81(115)64(28-17-48-11-7-6-8-12-48)97-74(110)44-93-80(114)63(13-9-34-91-87(90)121)99-83(117)68-14-10-36-102(68)84(118)65(31-32-76(112)113)98-73(109)33-35-92-88(127)95-51-19-25-58-57(40-51)86(120)126-89(58)59-26-22-53(106)41-70(59)125-71-42-54(107)23-27-60(71)89/h6-7,11,15-16,19-27,30,39-43,46,61,63-68,105-107H,8-10,12-14,17-18,28-29,31-38,44-45H2,1-5H3,(H,93,114)(H,94,104)(H,97,110)(H,98,109)(H,99,117)(H,100,115)(H,101,116)(H,112,113)(H3,90,91,121)(H2,92,95,127)(H,96,108,111)/t46?,61-,63-,64-,65-,66-,67-,68-/m0/s1. The van der Waals surface area contributed by atoms with Gasteiger partial charge >= 0.3 is 18.0 Å². The van der Waals surface area contributed by atoms with E-state index in [1.54, 1.807) is 43.3 Å². The molecule has 0 saturated carbocycles. The number of phenolic OH excluding ortho intramolecular Hbond substituents is 3. The number of aliphatic carboxylic acids is 1. The lowest BCUT2D eigenvalue weighted by atomic mass is 9.77. The van der Waals surface area contributed by atoms with E-state index in [0.717, 1.165) is 11.1 Å². The number of carbonyl (C=O) groups is 13. The first-order valence-electron chi connectivity index (χ1n) is 41.4. The molecular formula is C89H100N14O23S. The van der Waals surface area contributed by atoms with Crippen molar-refractivity contribution in [1.82, 2.24) is 57.7 Å². The number of urea groups is 1. The number of nitrogens with zero attached hydrogens (tertiary/aromatic N) is 2. The fourth-order valence-electron chi connectivity index (χ4n) is 16.7. The molecule has 37 nitrogen and oxygen atoms in total. The number of nitrogens with one attached hydrogen (secondary N) is 11. The van der Waals surface area contributed by atoms with Crippen LogP contribution in [0.5, 0.6) is 46.0 Å². The van der Waals surface area contributed by atoms with E-state index in [2.05, 4.69) is 58.5 Å². The summed E-state index contributed by atoms with van der Waals surface area (Å²) in [6.45, 7) is 1.46. The summed E-state index contributed by atoms with van der Waals surface area (Å²) in [6, 6.07) is 15.0. The Morgan fingerprint density at radius 1 is 0.654 bits per heavy atom. The van der Waals surface area contributed by atoms with Crippen molar-refractivity contribution in [3.05, 3.63) is 176 Å². The normalized spacial score (nSPS) is 17.5. The number of hydrogen-bond donors (Lipinski definition) is 16. The summed E-state index contributed by atoms with van der Waals surface area (Å²) in [5.74, 6) is -8.56. The van der Waals surface area contributed by atoms with Crippen LogP contribution in [-0.4, -0.2) is 209 Å². The van der Waals surface area contributed by atoms with Gasteiger partial charge in [0.15, 0.2) is 22.2 Å². The van der Waals surface area contributed by atoms with Crippen LogP contribution in [0.15, 0.2) is 132 Å². The van der Waals surface area contributed by atoms with Gasteiger partial charge in [0.2, 0.25) is 70.3 Å². The van der Waals surface area contributed by atoms with E-state index in [1.165, 1.54) is 105 Å². The van der Waals surface area contributed by atoms with E-state index in [-0.39, 0.29) is 134 Å². The quantitative estimate of drug-likeness (QED) is 0.0146. The van der Waals surface area contributed by atoms with Crippen molar-refractivity contribution in [1.29, 1.82) is 0 Å². The summed E-state index contributed by atoms with van der Waals surface area (Å²) in [7, 11) is 4.40. The molecule has 6 aliphatic rings. The van der Waals surface area contributed by atoms with Crippen molar-refractivity contribution in [2.24, 2.45) is 5.73 Å². The number of nitrogens with two attached hydrogens (primary N) is 1. The van der Waals surface area contributed by atoms with E-state index in [4.69, 9.17) is 41.6 Å². The summed E-state index contributed by atoms with van der Waals surface area (Å²) < 4.78 is 29.4. The van der Waals surface area contributed by atoms with E-state index in [9.17, 15) is 87.5 Å². The third-order valence-electron chi connectivity index (χ3n) is 22.8. The molecule has 6 aromatic rings. The molecule has 127 heavy (non-hydrogen) atoms. The van der Waals surface area contributed by atoms with Gasteiger partial charge in [-0.05, 0) is 185 Å². The van der Waals surface area contributed by atoms with Crippen LogP contribution in [0.1, 0.15) is 147 Å². The number of carbonyl (C=O) groups excluding carboxylic acids is 12. The number of carboxylic acid groups (broad SMARTS) is 1. The van der Waals surface area contributed by atoms with Crippen LogP contribution in [0.2, 0.25) is 0 Å². The first-order valence-corrected chi connectivity index (χ1v) is 41.9. The van der Waals surface area contributed by atoms with Crippen LogP contribution in [0.25, 0.3) is 11.1 Å². The molecule has 17 N–H and O–H groups in total. The molecule has 2 saturated heterocycles. The third-order valence-corrected chi connectivity index (χ3v) is 23.1. The second kappa shape index (κ2) is 41.0. The number of fused-ring (bicyclic) bond motifs is 9. The number of carboxylic acids is 1. The number of amides is 12. The first-order chi connectivity index (χ1) is 60.8. The number of thiocarbonyl (C=S) groups is 1. The fraction of sp³-hybridized carbons (Fsp3) is 0.382. The summed E-state index contributed by atoms with van der Waals surface area (Å²) in [5, 5.41) is 70.5. The largest absolute Gasteiger partial charge is 0.508 e. The number of aromatic hydroxyl groups is 3. The van der Waals surface area contributed by atoms with Gasteiger partial charge in [0.1, 0.15) is 71.5 Å². The highest BCUT2D eigenvalue weighted by Gasteiger charge is 2.54. The van der Waals surface area contributed by atoms with Gasteiger partial charge in [-0.1, -0.05) is 48.1 Å². The highest BCUT2D eigenvalue weighted by Crippen LogP contribution is 2.58. The molecule has 4 aliphatic heterocycles. The Bertz CT molecular complexity index is 5420. The summed E-state index contributed by atoms with van der Waals surface area (Å²) in [5.41, 5.74) is 8.47. The molecule has 2 fully saturated rings. The van der Waals surface area contributed by atoms with Crippen molar-refractivity contribution in [2.75, 3.05) is 64.7 Å². The molecule has 0 aromatic heterocycles. The lowest BCUT2D eigenvalue weighted by Gasteiger charge is -2.36. The van der Waals surface area contributed by atoms with Gasteiger partial charge in [-0.15, -0.1) is 0 Å². The Morgan fingerprint density at radius 3 is 2.03 bits per heavy atom. The minimum absolute atomic E-state index is 0.00298. The lowest BCUT2D eigenvalue weighted by molar-refractivity contribution is -0.143. The van der Waals surface area contributed by atoms with Gasteiger partial charge in [0, 0.05) is 91.9 Å². The number of benzene rings is 5. The molecule has 0 bridgehead atoms. The highest BCUT2D eigenvalue weighted by molar-refractivity contribution is 7.80. The minimum atomic E-state index is -1.52. The molecule has 0 radical (unpaired) electrons. The second-order valence-corrected chi connectivity index (χ2v) is 31.9. The number of primary amides is 1. The topological polar surface area (TPSA) is 531 Å². The number of anilines is 2. The molecule has 6 aromatic carbocycles. The Kier molecular flexibility index (Phi) is 29.6. The van der Waals surface area contributed by atoms with Crippen LogP contribution in [0, 0.1) is 0 Å². The Balaban J connectivity index is 0.673. The average Bonchev–Trinajstić information content (AvgIpc) is 1.57. The first kappa shape index (κ1) is 91.9. The average molecular weight is 1770 g/mol. The van der Waals surface area contributed by atoms with Crippen LogP contribution in [-0.2, 0) is 75.9 Å². The SMILES string of the molecule is COc1cc2c(c(OC)c1OC)-c1ccc(NC(=O)CN3C(=O)[C@@H](NC(=O)[C@H](Cc4ccc(O)cc4)NC(=O)[C@H](CCC4=CC=CCC4)NC(=O)CNC(=O)[C@H](CCCNC(N)=O)NC(=O)[C@@H]4CCCN4C(=O)[C@H](CCC(=O)O)NC(=O)CCNC(=S)Nc4ccc5c(c4)C(=O)OC54c5ccc(O)cc5Oc5cc(O)ccc54)CC3C)c(=O)cc1[C@@H](NC(C)=O)CC2. The van der Waals surface area contributed by atoms with Gasteiger partial charge in [-0.3, -0.25) is 57.5 Å². The molecule has 38 heteroatoms. The maximum absolute atomic E-state index is 14.8. The van der Waals surface area contributed by atoms with Crippen molar-refractivity contribution in [3.63, 3.8) is 0 Å². The minimum Gasteiger partial charge on any atom is -0.508 e. The van der Waals surface area contributed by atoms with Crippen molar-refractivity contribution in [3.8, 4) is 57.1 Å². The number of aryl methyl sites for hydroxylation is 1. The highest BCUT2D eigenvalue weighted by atomic mass is 32.1. The molecule has 2 aliphatic carbocycles. The summed E-state index contributed by atoms with van der Waals surface area (Å²) >= 11 is 5.55. The van der Waals surface area contributed by atoms with Crippen LogP contribution < -0.4 is 88.6 Å². The summed E-state index contributed by atoms with van der Waals surface area (Å²) in [4.78, 5) is 196. The number of likely N-dealkylation sites (tertiary alicyclic amines) is 2. The molecule has 1 unspecified atom stereocenters. The molecule has 1 spiro atoms. The van der Waals surface area contributed by atoms with E-state index in [0.29, 0.717) is 81.8 Å². The van der Waals surface area contributed by atoms with Crippen LogP contribution in [0.3, 0.4) is 0 Å². The zero-order valence-electron chi connectivity index (χ0n) is 70.2. The predicted molar refractivity (Wildman–Crippen MR) is 463 cm³/mol. The molecule has 8 atom stereocenters. The number of hydrogen-bond acceptors (Lipinski definition) is 23. The number of phenols is 3. The van der Waals surface area contributed by atoms with Crippen LogP contribution >= 0.6 is 12.2 Å². The van der Waals surface area contributed by atoms with Gasteiger partial charge in [0.25, 0.3) is 0 Å². The molecule has 12 rings (SSSR count). The smallest absolute Gasteiger partial charge is 0.340 e. The van der Waals surface area contributed by atoms with E-state index in [1.807, 2.05) is 18.2 Å². The third kappa shape index (κ3) is 21.9. The Hall–Kier alpha value is -14.3. The molecule has 670 valence electrons. The number of esters is 1. The maximum Gasteiger partial charge on any atom is 0.340 e. The fourth-order valence-corrected chi connectivity index (χ4v) is 16.9. The maximum atomic E-state index is 14.8. The predicted octanol–water partition coefficient (Wildman–Crippen LogP) is 4.63. The van der Waals surface area contributed by atoms with E-state index >= 15 is 0 Å². The van der Waals surface area contributed by atoms with Crippen LogP contribution in [0.4, 0.5) is 16.2 Å². The molecular weight excluding hydrogens is 1670 g/mol. The number of ether oxygens (including phenoxy) is 5. The lowest BCUT2D eigenvalue weighted by Crippen LogP contribution is -2.58. The van der Waals surface area contributed by atoms with Crippen molar-refractivity contribution >= 4 is 106 Å². The Morgan fingerprint density at radius 2 is 1.35 bits per heavy atom. The van der Waals surface area contributed by atoms with Gasteiger partial charge < -0.3 is 118 Å². The second-order valence-electron chi connectivity index (χ2n) is 31.5. The molecule has 12 amide bonds. The van der Waals surface area contributed by atoms with Gasteiger partial charge in [-0.2, -0.15) is 0 Å². The number of methoxy groups -OCH3 is 3. The zero-order chi connectivity index (χ0) is 91.1. The zero-order valence-corrected chi connectivity index (χ0v) is 71.1. The van der Waals surface area contributed by atoms with Gasteiger partial charge in [-0.25, -0.2) is 9.59 Å². The van der Waals surface area contributed by atoms with Crippen molar-refractivity contribution in [2.45, 2.75) is 164 Å². The Labute approximate surface area is 734 Å².